The second-order valence-corrected chi connectivity index (χ2v) is 10.3. The molecule has 0 aromatic heterocycles. The molecule has 8 heteroatoms. The van der Waals surface area contributed by atoms with Crippen LogP contribution in [0.4, 0.5) is 0 Å². The molecule has 2 rings (SSSR count). The van der Waals surface area contributed by atoms with Crippen LogP contribution in [0, 0.1) is 5.41 Å². The molecule has 0 aromatic rings. The van der Waals surface area contributed by atoms with Crippen LogP contribution in [0.2, 0.25) is 0 Å². The lowest BCUT2D eigenvalue weighted by atomic mass is 9.83. The number of methoxy groups -OCH3 is 2. The number of rotatable bonds is 13. The first kappa shape index (κ1) is 24.5. The van der Waals surface area contributed by atoms with Crippen LogP contribution >= 0.6 is 23.5 Å². The van der Waals surface area contributed by atoms with Crippen molar-refractivity contribution < 1.29 is 28.5 Å². The Morgan fingerprint density at radius 2 is 1.86 bits per heavy atom. The molecule has 0 aliphatic carbocycles. The van der Waals surface area contributed by atoms with Gasteiger partial charge in [0.1, 0.15) is 26.3 Å². The summed E-state index contributed by atoms with van der Waals surface area (Å²) in [5, 5.41) is 0. The van der Waals surface area contributed by atoms with Crippen molar-refractivity contribution in [2.75, 3.05) is 45.9 Å². The van der Waals surface area contributed by atoms with Crippen LogP contribution in [0.3, 0.4) is 0 Å². The van der Waals surface area contributed by atoms with Gasteiger partial charge in [-0.1, -0.05) is 38.2 Å². The van der Waals surface area contributed by atoms with E-state index < -0.39 is 6.10 Å². The third-order valence-corrected chi connectivity index (χ3v) is 7.38. The van der Waals surface area contributed by atoms with Crippen molar-refractivity contribution in [1.82, 2.24) is 0 Å². The number of hydrogen-bond donors (Lipinski definition) is 0. The Balaban J connectivity index is 2.06. The molecule has 0 saturated carbocycles. The van der Waals surface area contributed by atoms with Gasteiger partial charge in [-0.3, -0.25) is 0 Å². The molecule has 0 unspecified atom stereocenters. The van der Waals surface area contributed by atoms with Gasteiger partial charge in [0.2, 0.25) is 0 Å². The van der Waals surface area contributed by atoms with E-state index in [1.807, 2.05) is 23.5 Å². The molecule has 6 nitrogen and oxygen atoms in total. The normalized spacial score (nSPS) is 20.6. The van der Waals surface area contributed by atoms with E-state index in [1.54, 1.807) is 14.2 Å². The van der Waals surface area contributed by atoms with Gasteiger partial charge >= 0.3 is 5.97 Å². The minimum Gasteiger partial charge on any atom is -0.458 e. The zero-order valence-electron chi connectivity index (χ0n) is 17.6. The summed E-state index contributed by atoms with van der Waals surface area (Å²) in [6.45, 7) is 4.74. The lowest BCUT2D eigenvalue weighted by Crippen LogP contribution is -2.38. The minimum atomic E-state index is -0.453. The molecule has 0 radical (unpaired) electrons. The van der Waals surface area contributed by atoms with Crippen molar-refractivity contribution in [3.05, 3.63) is 36.0 Å². The van der Waals surface area contributed by atoms with Gasteiger partial charge in [-0.2, -0.15) is 0 Å². The maximum atomic E-state index is 11.6. The molecule has 0 spiro atoms. The van der Waals surface area contributed by atoms with Crippen LogP contribution in [0.1, 0.15) is 20.3 Å². The fourth-order valence-corrected chi connectivity index (χ4v) is 5.70. The highest BCUT2D eigenvalue weighted by atomic mass is 32.2. The highest BCUT2D eigenvalue weighted by molar-refractivity contribution is 8.20. The van der Waals surface area contributed by atoms with Crippen molar-refractivity contribution in [3.63, 3.8) is 0 Å². The van der Waals surface area contributed by atoms with Gasteiger partial charge < -0.3 is 23.7 Å². The number of carbonyl (C=O) groups is 1. The Bertz CT molecular complexity index is 596. The predicted molar refractivity (Wildman–Crippen MR) is 118 cm³/mol. The Morgan fingerprint density at radius 3 is 2.48 bits per heavy atom. The van der Waals surface area contributed by atoms with Crippen molar-refractivity contribution >= 4 is 29.5 Å². The lowest BCUT2D eigenvalue weighted by Gasteiger charge is -2.32. The van der Waals surface area contributed by atoms with E-state index in [0.717, 1.165) is 5.57 Å². The molecular weight excluding hydrogens is 412 g/mol. The molecule has 164 valence electrons. The molecule has 0 aromatic carbocycles. The van der Waals surface area contributed by atoms with Crippen molar-refractivity contribution in [3.8, 4) is 0 Å². The van der Waals surface area contributed by atoms with Crippen molar-refractivity contribution in [2.45, 2.75) is 37.1 Å². The first-order valence-electron chi connectivity index (χ1n) is 9.63. The SMILES string of the molecule is COCO[C@@H](CC(C)(C)/C=C/C=C/C1SCCS1)[C@H](OCOC)C1=CC(=O)OC1. The first-order valence-corrected chi connectivity index (χ1v) is 11.7. The van der Waals surface area contributed by atoms with Crippen molar-refractivity contribution in [2.24, 2.45) is 5.41 Å². The highest BCUT2D eigenvalue weighted by Gasteiger charge is 2.34. The van der Waals surface area contributed by atoms with Crippen LogP contribution in [0.5, 0.6) is 0 Å². The summed E-state index contributed by atoms with van der Waals surface area (Å²) >= 11 is 3.96. The number of thioether (sulfide) groups is 2. The number of ether oxygens (including phenoxy) is 5. The second kappa shape index (κ2) is 12.8. The Morgan fingerprint density at radius 1 is 1.17 bits per heavy atom. The Hall–Kier alpha value is -0.770. The van der Waals surface area contributed by atoms with Gasteiger partial charge in [-0.25, -0.2) is 4.79 Å². The quantitative estimate of drug-likeness (QED) is 0.242. The maximum absolute atomic E-state index is 11.6. The molecular formula is C21H32O6S2. The minimum absolute atomic E-state index is 0.0960. The summed E-state index contributed by atoms with van der Waals surface area (Å²) in [7, 11) is 3.14. The van der Waals surface area contributed by atoms with Gasteiger partial charge in [0.15, 0.2) is 0 Å². The first-order chi connectivity index (χ1) is 13.9. The number of esters is 1. The van der Waals surface area contributed by atoms with E-state index in [-0.39, 0.29) is 37.7 Å². The van der Waals surface area contributed by atoms with E-state index in [0.29, 0.717) is 11.0 Å². The average Bonchev–Trinajstić information content (AvgIpc) is 3.35. The number of carbonyl (C=O) groups excluding carboxylic acids is 1. The van der Waals surface area contributed by atoms with Crippen molar-refractivity contribution in [1.29, 1.82) is 0 Å². The predicted octanol–water partition coefficient (Wildman–Crippen LogP) is 3.78. The van der Waals surface area contributed by atoms with Gasteiger partial charge in [0, 0.05) is 37.4 Å². The highest BCUT2D eigenvalue weighted by Crippen LogP contribution is 2.33. The standard InChI is InChI=1S/C21H32O6S2/c1-21(2,8-6-5-7-19-28-9-10-29-19)12-17(26-14-23-3)20(27-15-24-4)16-11-18(22)25-13-16/h5-8,11,17,19-20H,9-10,12-15H2,1-4H3/b7-5+,8-6+/t17-,20+/m0/s1. The third kappa shape index (κ3) is 8.86. The molecule has 2 heterocycles. The largest absolute Gasteiger partial charge is 0.458 e. The summed E-state index contributed by atoms with van der Waals surface area (Å²) < 4.78 is 27.7. The zero-order chi connectivity index (χ0) is 21.1. The number of cyclic esters (lactones) is 1. The zero-order valence-corrected chi connectivity index (χ0v) is 19.3. The van der Waals surface area contributed by atoms with Crippen LogP contribution in [-0.2, 0) is 28.5 Å². The smallest absolute Gasteiger partial charge is 0.331 e. The molecule has 1 saturated heterocycles. The van der Waals surface area contributed by atoms with Gasteiger partial charge in [-0.05, 0) is 11.8 Å². The summed E-state index contributed by atoms with van der Waals surface area (Å²) in [6.07, 6.45) is 10.0. The van der Waals surface area contributed by atoms with Gasteiger partial charge in [-0.15, -0.1) is 23.5 Å². The summed E-state index contributed by atoms with van der Waals surface area (Å²) in [5.74, 6) is 2.08. The van der Waals surface area contributed by atoms with E-state index in [9.17, 15) is 4.79 Å². The molecule has 0 amide bonds. The summed E-state index contributed by atoms with van der Waals surface area (Å²) in [5.41, 5.74) is 0.598. The van der Waals surface area contributed by atoms with Crippen LogP contribution < -0.4 is 0 Å². The van der Waals surface area contributed by atoms with Gasteiger partial charge in [0.05, 0.1) is 10.7 Å². The third-order valence-electron chi connectivity index (χ3n) is 4.45. The van der Waals surface area contributed by atoms with Crippen LogP contribution in [0.25, 0.3) is 0 Å². The number of hydrogen-bond acceptors (Lipinski definition) is 8. The summed E-state index contributed by atoms with van der Waals surface area (Å²) in [6, 6.07) is 0. The topological polar surface area (TPSA) is 63.2 Å². The number of allylic oxidation sites excluding steroid dienone is 3. The fourth-order valence-electron chi connectivity index (χ4n) is 3.10. The molecule has 2 atom stereocenters. The molecule has 2 aliphatic heterocycles. The monoisotopic (exact) mass is 444 g/mol. The molecule has 29 heavy (non-hydrogen) atoms. The van der Waals surface area contributed by atoms with E-state index in [1.165, 1.54) is 17.6 Å². The van der Waals surface area contributed by atoms with E-state index >= 15 is 0 Å². The van der Waals surface area contributed by atoms with Crippen LogP contribution in [-0.4, -0.2) is 68.7 Å². The molecule has 0 N–H and O–H groups in total. The van der Waals surface area contributed by atoms with Gasteiger partial charge in [0.25, 0.3) is 0 Å². The Labute approximate surface area is 182 Å². The van der Waals surface area contributed by atoms with E-state index in [4.69, 9.17) is 23.7 Å². The molecule has 1 fully saturated rings. The Kier molecular flexibility index (Phi) is 10.8. The lowest BCUT2D eigenvalue weighted by molar-refractivity contribution is -0.154. The maximum Gasteiger partial charge on any atom is 0.331 e. The average molecular weight is 445 g/mol. The summed E-state index contributed by atoms with van der Waals surface area (Å²) in [4.78, 5) is 11.6. The van der Waals surface area contributed by atoms with E-state index in [2.05, 4.69) is 38.2 Å². The van der Waals surface area contributed by atoms with Crippen LogP contribution in [0.15, 0.2) is 36.0 Å². The fraction of sp³-hybridized carbons (Fsp3) is 0.667. The molecule has 0 bridgehead atoms. The molecule has 2 aliphatic rings. The second-order valence-electron chi connectivity index (χ2n) is 7.48.